The third-order valence-electron chi connectivity index (χ3n) is 2.56. The first-order valence-corrected chi connectivity index (χ1v) is 6.04. The van der Waals surface area contributed by atoms with E-state index in [1.165, 1.54) is 11.1 Å². The van der Waals surface area contributed by atoms with E-state index in [2.05, 4.69) is 37.4 Å². The molecule has 1 rings (SSSR count). The maximum Gasteiger partial charge on any atom is 0.246 e. The van der Waals surface area contributed by atoms with E-state index < -0.39 is 0 Å². The van der Waals surface area contributed by atoms with Crippen LogP contribution in [0.1, 0.15) is 30.0 Å². The van der Waals surface area contributed by atoms with E-state index in [0.29, 0.717) is 13.2 Å². The lowest BCUT2D eigenvalue weighted by molar-refractivity contribution is -0.126. The number of benzene rings is 1. The molecule has 3 heteroatoms. The summed E-state index contributed by atoms with van der Waals surface area (Å²) in [5, 5.41) is 2.78. The predicted molar refractivity (Wildman–Crippen MR) is 68.9 cm³/mol. The fourth-order valence-electron chi connectivity index (χ4n) is 1.58. The SMILES string of the molecule is CCCNC(=O)COCc1ccc(C)cc1C. The first kappa shape index (κ1) is 13.7. The topological polar surface area (TPSA) is 38.3 Å². The van der Waals surface area contributed by atoms with Gasteiger partial charge in [-0.3, -0.25) is 4.79 Å². The molecule has 1 aromatic rings. The van der Waals surface area contributed by atoms with Crippen molar-refractivity contribution in [2.75, 3.05) is 13.2 Å². The molecule has 0 radical (unpaired) electrons. The summed E-state index contributed by atoms with van der Waals surface area (Å²) in [6.07, 6.45) is 0.947. The Kier molecular flexibility index (Phi) is 5.70. The second-order valence-electron chi connectivity index (χ2n) is 4.27. The number of aryl methyl sites for hydroxylation is 2. The summed E-state index contributed by atoms with van der Waals surface area (Å²) in [7, 11) is 0. The fraction of sp³-hybridized carbons (Fsp3) is 0.500. The highest BCUT2D eigenvalue weighted by molar-refractivity contribution is 5.77. The molecule has 0 saturated carbocycles. The van der Waals surface area contributed by atoms with Crippen LogP contribution in [0.25, 0.3) is 0 Å². The molecule has 0 atom stereocenters. The highest BCUT2D eigenvalue weighted by Crippen LogP contribution is 2.11. The molecule has 3 nitrogen and oxygen atoms in total. The number of ether oxygens (including phenoxy) is 1. The van der Waals surface area contributed by atoms with Crippen molar-refractivity contribution in [3.05, 3.63) is 34.9 Å². The normalized spacial score (nSPS) is 10.3. The van der Waals surface area contributed by atoms with Gasteiger partial charge in [0.25, 0.3) is 0 Å². The number of nitrogens with one attached hydrogen (secondary N) is 1. The summed E-state index contributed by atoms with van der Waals surface area (Å²) in [6, 6.07) is 6.23. The number of amides is 1. The van der Waals surface area contributed by atoms with Crippen LogP contribution in [-0.4, -0.2) is 19.1 Å². The average molecular weight is 235 g/mol. The van der Waals surface area contributed by atoms with Crippen molar-refractivity contribution >= 4 is 5.91 Å². The standard InChI is InChI=1S/C14H21NO2/c1-4-7-15-14(16)10-17-9-13-6-5-11(2)8-12(13)3/h5-6,8H,4,7,9-10H2,1-3H3,(H,15,16). The molecule has 0 heterocycles. The minimum atomic E-state index is -0.0448. The van der Waals surface area contributed by atoms with Gasteiger partial charge in [0.1, 0.15) is 6.61 Å². The lowest BCUT2D eigenvalue weighted by atomic mass is 10.1. The van der Waals surface area contributed by atoms with Gasteiger partial charge in [0.15, 0.2) is 0 Å². The van der Waals surface area contributed by atoms with Crippen LogP contribution in [-0.2, 0) is 16.1 Å². The average Bonchev–Trinajstić information content (AvgIpc) is 2.29. The molecule has 0 aliphatic carbocycles. The van der Waals surface area contributed by atoms with Crippen molar-refractivity contribution in [3.8, 4) is 0 Å². The summed E-state index contributed by atoms with van der Waals surface area (Å²) >= 11 is 0. The Bertz CT molecular complexity index is 374. The van der Waals surface area contributed by atoms with E-state index in [1.807, 2.05) is 6.92 Å². The molecule has 0 spiro atoms. The van der Waals surface area contributed by atoms with Crippen LogP contribution in [0.4, 0.5) is 0 Å². The third-order valence-corrected chi connectivity index (χ3v) is 2.56. The maximum absolute atomic E-state index is 11.3. The van der Waals surface area contributed by atoms with Crippen molar-refractivity contribution in [1.82, 2.24) is 5.32 Å². The van der Waals surface area contributed by atoms with Crippen LogP contribution in [0.3, 0.4) is 0 Å². The van der Waals surface area contributed by atoms with Gasteiger partial charge in [0, 0.05) is 6.54 Å². The van der Waals surface area contributed by atoms with Crippen molar-refractivity contribution in [3.63, 3.8) is 0 Å². The first-order chi connectivity index (χ1) is 8.13. The Balaban J connectivity index is 2.33. The number of rotatable bonds is 6. The zero-order chi connectivity index (χ0) is 12.7. The van der Waals surface area contributed by atoms with E-state index in [9.17, 15) is 4.79 Å². The highest BCUT2D eigenvalue weighted by Gasteiger charge is 2.02. The molecular weight excluding hydrogens is 214 g/mol. The van der Waals surface area contributed by atoms with Gasteiger partial charge >= 0.3 is 0 Å². The highest BCUT2D eigenvalue weighted by atomic mass is 16.5. The molecule has 1 aromatic carbocycles. The van der Waals surface area contributed by atoms with Gasteiger partial charge in [0.2, 0.25) is 5.91 Å². The zero-order valence-corrected chi connectivity index (χ0v) is 10.9. The Morgan fingerprint density at radius 2 is 2.12 bits per heavy atom. The summed E-state index contributed by atoms with van der Waals surface area (Å²) in [4.78, 5) is 11.3. The van der Waals surface area contributed by atoms with Crippen molar-refractivity contribution in [1.29, 1.82) is 0 Å². The molecule has 0 unspecified atom stereocenters. The minimum Gasteiger partial charge on any atom is -0.367 e. The molecular formula is C14H21NO2. The number of carbonyl (C=O) groups is 1. The van der Waals surface area contributed by atoms with Crippen molar-refractivity contribution in [2.45, 2.75) is 33.8 Å². The summed E-state index contributed by atoms with van der Waals surface area (Å²) in [6.45, 7) is 7.49. The monoisotopic (exact) mass is 235 g/mol. The van der Waals surface area contributed by atoms with Crippen LogP contribution in [0.2, 0.25) is 0 Å². The Labute approximate surface area is 103 Å². The quantitative estimate of drug-likeness (QED) is 0.822. The molecule has 0 saturated heterocycles. The van der Waals surface area contributed by atoms with Gasteiger partial charge in [0.05, 0.1) is 6.61 Å². The molecule has 1 N–H and O–H groups in total. The lowest BCUT2D eigenvalue weighted by Crippen LogP contribution is -2.28. The van der Waals surface area contributed by atoms with Crippen LogP contribution < -0.4 is 5.32 Å². The van der Waals surface area contributed by atoms with Crippen LogP contribution in [0.15, 0.2) is 18.2 Å². The zero-order valence-electron chi connectivity index (χ0n) is 10.9. The molecule has 94 valence electrons. The first-order valence-electron chi connectivity index (χ1n) is 6.04. The van der Waals surface area contributed by atoms with Crippen LogP contribution in [0.5, 0.6) is 0 Å². The van der Waals surface area contributed by atoms with Gasteiger partial charge in [-0.1, -0.05) is 30.7 Å². The van der Waals surface area contributed by atoms with Crippen LogP contribution in [0, 0.1) is 13.8 Å². The van der Waals surface area contributed by atoms with E-state index in [4.69, 9.17) is 4.74 Å². The van der Waals surface area contributed by atoms with Gasteiger partial charge in [-0.05, 0) is 31.4 Å². The van der Waals surface area contributed by atoms with E-state index in [1.54, 1.807) is 0 Å². The molecule has 1 amide bonds. The summed E-state index contributed by atoms with van der Waals surface area (Å²) in [5.74, 6) is -0.0448. The van der Waals surface area contributed by atoms with Gasteiger partial charge in [-0.15, -0.1) is 0 Å². The van der Waals surface area contributed by atoms with Gasteiger partial charge in [-0.2, -0.15) is 0 Å². The van der Waals surface area contributed by atoms with E-state index in [0.717, 1.165) is 12.0 Å². The number of carbonyl (C=O) groups excluding carboxylic acids is 1. The second-order valence-corrected chi connectivity index (χ2v) is 4.27. The van der Waals surface area contributed by atoms with Crippen LogP contribution >= 0.6 is 0 Å². The van der Waals surface area contributed by atoms with Crippen molar-refractivity contribution < 1.29 is 9.53 Å². The molecule has 0 bridgehead atoms. The summed E-state index contributed by atoms with van der Waals surface area (Å²) < 4.78 is 5.39. The summed E-state index contributed by atoms with van der Waals surface area (Å²) in [5.41, 5.74) is 3.59. The third kappa shape index (κ3) is 5.00. The van der Waals surface area contributed by atoms with Crippen molar-refractivity contribution in [2.24, 2.45) is 0 Å². The Morgan fingerprint density at radius 1 is 1.35 bits per heavy atom. The largest absolute Gasteiger partial charge is 0.367 e. The minimum absolute atomic E-state index is 0.0448. The number of hydrogen-bond donors (Lipinski definition) is 1. The molecule has 0 aromatic heterocycles. The van der Waals surface area contributed by atoms with Gasteiger partial charge in [-0.25, -0.2) is 0 Å². The second kappa shape index (κ2) is 7.07. The fourth-order valence-corrected chi connectivity index (χ4v) is 1.58. The smallest absolute Gasteiger partial charge is 0.246 e. The molecule has 0 aliphatic heterocycles. The van der Waals surface area contributed by atoms with E-state index in [-0.39, 0.29) is 12.5 Å². The molecule has 17 heavy (non-hydrogen) atoms. The Hall–Kier alpha value is -1.35. The maximum atomic E-state index is 11.3. The number of hydrogen-bond acceptors (Lipinski definition) is 2. The molecule has 0 fully saturated rings. The molecule has 0 aliphatic rings. The van der Waals surface area contributed by atoms with Gasteiger partial charge < -0.3 is 10.1 Å². The predicted octanol–water partition coefficient (Wildman–Crippen LogP) is 2.35. The van der Waals surface area contributed by atoms with E-state index >= 15 is 0 Å². The lowest BCUT2D eigenvalue weighted by Gasteiger charge is -2.08. The Morgan fingerprint density at radius 3 is 2.76 bits per heavy atom.